The molecule has 2 aromatic rings. The summed E-state index contributed by atoms with van der Waals surface area (Å²) in [5, 5.41) is 5.82. The Morgan fingerprint density at radius 2 is 1.55 bits per heavy atom. The maximum absolute atomic E-state index is 14.3. The average Bonchev–Trinajstić information content (AvgIpc) is 2.82. The van der Waals surface area contributed by atoms with Gasteiger partial charge < -0.3 is 20.3 Å². The van der Waals surface area contributed by atoms with Crippen molar-refractivity contribution in [3.63, 3.8) is 0 Å². The first-order valence-corrected chi connectivity index (χ1v) is 14.3. The molecule has 2 aromatic carbocycles. The Balaban J connectivity index is 2.51. The summed E-state index contributed by atoms with van der Waals surface area (Å²) in [6.07, 6.45) is 1.69. The Labute approximate surface area is 232 Å². The van der Waals surface area contributed by atoms with Crippen LogP contribution in [0.25, 0.3) is 0 Å². The van der Waals surface area contributed by atoms with Gasteiger partial charge in [0, 0.05) is 12.1 Å². The van der Waals surface area contributed by atoms with Gasteiger partial charge in [-0.3, -0.25) is 9.59 Å². The summed E-state index contributed by atoms with van der Waals surface area (Å²) >= 11 is 1.58. The SMILES string of the molecule is CSCCC(NC(=O)OC(C)(C)C)C(=O)N(C(C(=O)NCc1ccccc1)c1ccccc1C)C(C)(C)C. The number of carbonyl (C=O) groups is 3. The lowest BCUT2D eigenvalue weighted by molar-refractivity contribution is -0.148. The zero-order valence-electron chi connectivity index (χ0n) is 24.0. The Morgan fingerprint density at radius 3 is 2.11 bits per heavy atom. The van der Waals surface area contributed by atoms with E-state index in [9.17, 15) is 14.4 Å². The Bertz CT molecular complexity index is 1080. The van der Waals surface area contributed by atoms with E-state index >= 15 is 0 Å². The van der Waals surface area contributed by atoms with Gasteiger partial charge in [-0.05, 0) is 83.6 Å². The Kier molecular flexibility index (Phi) is 11.2. The van der Waals surface area contributed by atoms with Gasteiger partial charge >= 0.3 is 6.09 Å². The number of carbonyl (C=O) groups excluding carboxylic acids is 3. The first-order chi connectivity index (χ1) is 17.7. The van der Waals surface area contributed by atoms with Crippen LogP contribution in [-0.4, -0.2) is 52.0 Å². The van der Waals surface area contributed by atoms with E-state index in [4.69, 9.17) is 4.74 Å². The van der Waals surface area contributed by atoms with Gasteiger partial charge in [0.05, 0.1) is 0 Å². The number of ether oxygens (including phenoxy) is 1. The summed E-state index contributed by atoms with van der Waals surface area (Å²) in [5.41, 5.74) is 1.16. The monoisotopic (exact) mass is 541 g/mol. The minimum atomic E-state index is -0.898. The van der Waals surface area contributed by atoms with Crippen molar-refractivity contribution in [3.8, 4) is 0 Å². The average molecular weight is 542 g/mol. The number of thioether (sulfide) groups is 1. The second-order valence-electron chi connectivity index (χ2n) is 11.3. The standard InChI is InChI=1S/C30H43N3O4S/c1-21-14-12-13-17-23(21)25(26(34)31-20-22-15-10-9-11-16-22)33(29(2,3)4)27(35)24(18-19-38-8)32-28(36)37-30(5,6)7/h9-17,24-25H,18-20H2,1-8H3,(H,31,34)(H,32,36). The zero-order valence-corrected chi connectivity index (χ0v) is 24.8. The number of amides is 3. The van der Waals surface area contributed by atoms with E-state index in [-0.39, 0.29) is 11.8 Å². The number of aryl methyl sites for hydroxylation is 1. The lowest BCUT2D eigenvalue weighted by Crippen LogP contribution is -2.58. The molecule has 0 aliphatic carbocycles. The van der Waals surface area contributed by atoms with Crippen molar-refractivity contribution in [1.82, 2.24) is 15.5 Å². The van der Waals surface area contributed by atoms with Gasteiger partial charge in [-0.25, -0.2) is 4.79 Å². The minimum absolute atomic E-state index is 0.285. The highest BCUT2D eigenvalue weighted by molar-refractivity contribution is 7.98. The normalized spacial score (nSPS) is 13.3. The molecule has 2 atom stereocenters. The number of rotatable bonds is 10. The van der Waals surface area contributed by atoms with Crippen molar-refractivity contribution < 1.29 is 19.1 Å². The molecule has 2 N–H and O–H groups in total. The number of alkyl carbamates (subject to hydrolysis) is 1. The molecular weight excluding hydrogens is 498 g/mol. The van der Waals surface area contributed by atoms with Gasteiger partial charge in [-0.15, -0.1) is 0 Å². The zero-order chi connectivity index (χ0) is 28.5. The fourth-order valence-electron chi connectivity index (χ4n) is 4.13. The van der Waals surface area contributed by atoms with Gasteiger partial charge in [0.15, 0.2) is 0 Å². The highest BCUT2D eigenvalue weighted by Gasteiger charge is 2.42. The van der Waals surface area contributed by atoms with Crippen LogP contribution in [0.4, 0.5) is 4.79 Å². The van der Waals surface area contributed by atoms with Crippen LogP contribution in [0.1, 0.15) is 70.7 Å². The van der Waals surface area contributed by atoms with Gasteiger partial charge in [0.2, 0.25) is 11.8 Å². The molecule has 0 aliphatic heterocycles. The number of benzene rings is 2. The second-order valence-corrected chi connectivity index (χ2v) is 12.3. The molecule has 0 aliphatic rings. The van der Waals surface area contributed by atoms with Crippen molar-refractivity contribution in [1.29, 1.82) is 0 Å². The van der Waals surface area contributed by atoms with Crippen LogP contribution in [0.15, 0.2) is 54.6 Å². The van der Waals surface area contributed by atoms with Crippen molar-refractivity contribution >= 4 is 29.7 Å². The molecule has 38 heavy (non-hydrogen) atoms. The number of nitrogens with one attached hydrogen (secondary N) is 2. The quantitative estimate of drug-likeness (QED) is 0.407. The molecule has 0 radical (unpaired) electrons. The molecule has 2 rings (SSSR count). The molecule has 0 fully saturated rings. The maximum atomic E-state index is 14.3. The van der Waals surface area contributed by atoms with Crippen LogP contribution in [0, 0.1) is 6.92 Å². The van der Waals surface area contributed by atoms with Crippen LogP contribution in [0.3, 0.4) is 0 Å². The first kappa shape index (κ1) is 31.2. The molecule has 208 valence electrons. The molecule has 0 bridgehead atoms. The predicted octanol–water partition coefficient (Wildman–Crippen LogP) is 5.63. The summed E-state index contributed by atoms with van der Waals surface area (Å²) < 4.78 is 5.46. The molecule has 8 heteroatoms. The van der Waals surface area contributed by atoms with Crippen molar-refractivity contribution in [2.75, 3.05) is 12.0 Å². The molecule has 0 aromatic heterocycles. The smallest absolute Gasteiger partial charge is 0.408 e. The van der Waals surface area contributed by atoms with Crippen molar-refractivity contribution in [2.45, 2.75) is 84.7 Å². The van der Waals surface area contributed by atoms with Crippen LogP contribution in [0.5, 0.6) is 0 Å². The molecule has 3 amide bonds. The van der Waals surface area contributed by atoms with Crippen LogP contribution < -0.4 is 10.6 Å². The lowest BCUT2D eigenvalue weighted by atomic mass is 9.92. The summed E-state index contributed by atoms with van der Waals surface area (Å²) in [7, 11) is 0. The topological polar surface area (TPSA) is 87.7 Å². The van der Waals surface area contributed by atoms with Gasteiger partial charge in [0.25, 0.3) is 0 Å². The summed E-state index contributed by atoms with van der Waals surface area (Å²) in [4.78, 5) is 42.5. The van der Waals surface area contributed by atoms with E-state index in [2.05, 4.69) is 10.6 Å². The van der Waals surface area contributed by atoms with E-state index < -0.39 is 29.3 Å². The van der Waals surface area contributed by atoms with Gasteiger partial charge in [-0.1, -0.05) is 54.6 Å². The van der Waals surface area contributed by atoms with Crippen LogP contribution in [0.2, 0.25) is 0 Å². The van der Waals surface area contributed by atoms with E-state index in [1.807, 2.05) is 88.5 Å². The number of hydrogen-bond acceptors (Lipinski definition) is 5. The second kappa shape index (κ2) is 13.7. The molecule has 0 saturated heterocycles. The molecular formula is C30H43N3O4S. The lowest BCUT2D eigenvalue weighted by Gasteiger charge is -2.43. The van der Waals surface area contributed by atoms with Crippen molar-refractivity contribution in [3.05, 3.63) is 71.3 Å². The molecule has 7 nitrogen and oxygen atoms in total. The molecule has 0 heterocycles. The first-order valence-electron chi connectivity index (χ1n) is 12.9. The summed E-state index contributed by atoms with van der Waals surface area (Å²) in [5.74, 6) is 0.0345. The predicted molar refractivity (Wildman–Crippen MR) is 155 cm³/mol. The molecule has 0 saturated carbocycles. The number of hydrogen-bond donors (Lipinski definition) is 2. The molecule has 2 unspecified atom stereocenters. The van der Waals surface area contributed by atoms with Crippen molar-refractivity contribution in [2.24, 2.45) is 0 Å². The maximum Gasteiger partial charge on any atom is 0.408 e. The largest absolute Gasteiger partial charge is 0.444 e. The van der Waals surface area contributed by atoms with Crippen LogP contribution >= 0.6 is 11.8 Å². The van der Waals surface area contributed by atoms with E-state index in [0.29, 0.717) is 18.7 Å². The fraction of sp³-hybridized carbons (Fsp3) is 0.500. The Morgan fingerprint density at radius 1 is 0.947 bits per heavy atom. The minimum Gasteiger partial charge on any atom is -0.444 e. The van der Waals surface area contributed by atoms with E-state index in [1.54, 1.807) is 37.4 Å². The van der Waals surface area contributed by atoms with E-state index in [1.165, 1.54) is 0 Å². The third-order valence-electron chi connectivity index (χ3n) is 5.86. The van der Waals surface area contributed by atoms with Gasteiger partial charge in [-0.2, -0.15) is 11.8 Å². The van der Waals surface area contributed by atoms with E-state index in [0.717, 1.165) is 16.7 Å². The Hall–Kier alpha value is -3.00. The fourth-order valence-corrected chi connectivity index (χ4v) is 4.60. The van der Waals surface area contributed by atoms with Crippen LogP contribution in [-0.2, 0) is 20.9 Å². The highest BCUT2D eigenvalue weighted by atomic mass is 32.2. The number of nitrogens with zero attached hydrogens (tertiary/aromatic N) is 1. The summed E-state index contributed by atoms with van der Waals surface area (Å²) in [6, 6.07) is 15.5. The third-order valence-corrected chi connectivity index (χ3v) is 6.50. The highest BCUT2D eigenvalue weighted by Crippen LogP contribution is 2.32. The summed E-state index contributed by atoms with van der Waals surface area (Å²) in [6.45, 7) is 13.3. The third kappa shape index (κ3) is 9.39. The molecule has 0 spiro atoms. The van der Waals surface area contributed by atoms with Gasteiger partial charge in [0.1, 0.15) is 17.7 Å².